The van der Waals surface area contributed by atoms with E-state index in [1.165, 1.54) is 6.20 Å². The van der Waals surface area contributed by atoms with Crippen molar-refractivity contribution in [2.45, 2.75) is 33.7 Å². The third-order valence-electron chi connectivity index (χ3n) is 3.69. The quantitative estimate of drug-likeness (QED) is 0.657. The number of aromatic carboxylic acids is 1. The van der Waals surface area contributed by atoms with Crippen molar-refractivity contribution in [1.82, 2.24) is 24.8 Å². The molecule has 1 rings (SSSR count). The Bertz CT molecular complexity index is 417. The van der Waals surface area contributed by atoms with E-state index in [1.807, 2.05) is 0 Å². The minimum absolute atomic E-state index is 0.000387. The molecule has 1 heterocycles. The predicted molar refractivity (Wildman–Crippen MR) is 81.5 cm³/mol. The monoisotopic (exact) mass is 297 g/mol. The Morgan fingerprint density at radius 1 is 1.14 bits per heavy atom. The lowest BCUT2D eigenvalue weighted by atomic mass is 10.3. The zero-order valence-electron chi connectivity index (χ0n) is 13.3. The molecule has 120 valence electrons. The van der Waals surface area contributed by atoms with Crippen LogP contribution in [-0.4, -0.2) is 75.1 Å². The Hall–Kier alpha value is -1.47. The van der Waals surface area contributed by atoms with Crippen LogP contribution in [0.1, 0.15) is 37.7 Å². The second-order valence-electron chi connectivity index (χ2n) is 4.99. The summed E-state index contributed by atoms with van der Waals surface area (Å²) in [6.07, 6.45) is 2.62. The average molecular weight is 297 g/mol. The van der Waals surface area contributed by atoms with Gasteiger partial charge in [0.1, 0.15) is 0 Å². The van der Waals surface area contributed by atoms with E-state index in [1.54, 1.807) is 4.68 Å². The van der Waals surface area contributed by atoms with Crippen LogP contribution in [0.15, 0.2) is 6.20 Å². The van der Waals surface area contributed by atoms with Crippen LogP contribution < -0.4 is 0 Å². The van der Waals surface area contributed by atoms with Crippen LogP contribution in [-0.2, 0) is 6.54 Å². The Balaban J connectivity index is 2.31. The summed E-state index contributed by atoms with van der Waals surface area (Å²) >= 11 is 0. The number of carboxylic acid groups (broad SMARTS) is 1. The van der Waals surface area contributed by atoms with Crippen LogP contribution in [0.3, 0.4) is 0 Å². The van der Waals surface area contributed by atoms with Gasteiger partial charge in [-0.3, -0.25) is 4.68 Å². The van der Waals surface area contributed by atoms with Crippen LogP contribution in [0.2, 0.25) is 0 Å². The smallest absolute Gasteiger partial charge is 0.358 e. The van der Waals surface area contributed by atoms with Gasteiger partial charge in [0.2, 0.25) is 0 Å². The van der Waals surface area contributed by atoms with Crippen molar-refractivity contribution < 1.29 is 9.90 Å². The maximum atomic E-state index is 10.7. The molecule has 0 unspecified atom stereocenters. The summed E-state index contributed by atoms with van der Waals surface area (Å²) in [5.41, 5.74) is -0.000387. The van der Waals surface area contributed by atoms with Crippen molar-refractivity contribution in [3.8, 4) is 0 Å². The van der Waals surface area contributed by atoms with Gasteiger partial charge in [0.25, 0.3) is 0 Å². The topological polar surface area (TPSA) is 74.5 Å². The molecule has 0 aliphatic carbocycles. The summed E-state index contributed by atoms with van der Waals surface area (Å²) in [6.45, 7) is 13.4. The van der Waals surface area contributed by atoms with E-state index >= 15 is 0 Å². The van der Waals surface area contributed by atoms with E-state index in [9.17, 15) is 4.79 Å². The molecule has 0 aromatic carbocycles. The van der Waals surface area contributed by atoms with E-state index in [2.05, 4.69) is 40.9 Å². The number of aromatic nitrogens is 3. The fraction of sp³-hybridized carbons (Fsp3) is 0.786. The first kappa shape index (κ1) is 17.6. The molecule has 0 atom stereocenters. The van der Waals surface area contributed by atoms with E-state index < -0.39 is 5.97 Å². The highest BCUT2D eigenvalue weighted by atomic mass is 16.4. The lowest BCUT2D eigenvalue weighted by molar-refractivity contribution is 0.0690. The van der Waals surface area contributed by atoms with Crippen LogP contribution in [0.25, 0.3) is 0 Å². The van der Waals surface area contributed by atoms with E-state index in [4.69, 9.17) is 5.11 Å². The van der Waals surface area contributed by atoms with Gasteiger partial charge in [-0.2, -0.15) is 0 Å². The normalized spacial score (nSPS) is 11.5. The van der Waals surface area contributed by atoms with Crippen molar-refractivity contribution in [2.24, 2.45) is 0 Å². The summed E-state index contributed by atoms with van der Waals surface area (Å²) in [6, 6.07) is 0. The molecular formula is C14H27N5O2. The number of carbonyl (C=O) groups is 1. The average Bonchev–Trinajstić information content (AvgIpc) is 2.96. The van der Waals surface area contributed by atoms with Crippen molar-refractivity contribution >= 4 is 5.97 Å². The van der Waals surface area contributed by atoms with Crippen LogP contribution in [0.5, 0.6) is 0 Å². The summed E-state index contributed by atoms with van der Waals surface area (Å²) < 4.78 is 1.59. The van der Waals surface area contributed by atoms with E-state index in [0.717, 1.165) is 45.7 Å². The van der Waals surface area contributed by atoms with Crippen molar-refractivity contribution in [3.05, 3.63) is 11.9 Å². The van der Waals surface area contributed by atoms with Crippen LogP contribution in [0, 0.1) is 0 Å². The van der Waals surface area contributed by atoms with Gasteiger partial charge in [0.05, 0.1) is 12.7 Å². The molecule has 7 heteroatoms. The molecule has 0 spiro atoms. The SMILES string of the molecule is CCN(CC)CCCN(CC)CCn1cc(C(=O)O)nn1. The zero-order valence-corrected chi connectivity index (χ0v) is 13.3. The predicted octanol–water partition coefficient (Wildman–Crippen LogP) is 1.03. The molecule has 7 nitrogen and oxygen atoms in total. The van der Waals surface area contributed by atoms with E-state index in [0.29, 0.717) is 6.54 Å². The van der Waals surface area contributed by atoms with Gasteiger partial charge in [0.15, 0.2) is 5.69 Å². The molecule has 0 amide bonds. The second-order valence-corrected chi connectivity index (χ2v) is 4.99. The van der Waals surface area contributed by atoms with Gasteiger partial charge in [-0.25, -0.2) is 4.79 Å². The summed E-state index contributed by atoms with van der Waals surface area (Å²) in [4.78, 5) is 15.5. The van der Waals surface area contributed by atoms with Gasteiger partial charge in [-0.1, -0.05) is 26.0 Å². The Kier molecular flexibility index (Phi) is 7.92. The molecule has 1 aromatic rings. The third-order valence-corrected chi connectivity index (χ3v) is 3.69. The summed E-state index contributed by atoms with van der Waals surface area (Å²) in [5.74, 6) is -1.03. The number of hydrogen-bond acceptors (Lipinski definition) is 5. The highest BCUT2D eigenvalue weighted by Crippen LogP contribution is 1.98. The van der Waals surface area contributed by atoms with Gasteiger partial charge in [0, 0.05) is 6.54 Å². The highest BCUT2D eigenvalue weighted by Gasteiger charge is 2.09. The summed E-state index contributed by atoms with van der Waals surface area (Å²) in [7, 11) is 0. The molecule has 0 saturated carbocycles. The minimum Gasteiger partial charge on any atom is -0.476 e. The molecule has 0 aliphatic heterocycles. The molecule has 0 bridgehead atoms. The first-order valence-electron chi connectivity index (χ1n) is 7.68. The lowest BCUT2D eigenvalue weighted by Gasteiger charge is -2.23. The van der Waals surface area contributed by atoms with Crippen LogP contribution >= 0.6 is 0 Å². The molecule has 0 aliphatic rings. The Morgan fingerprint density at radius 3 is 2.29 bits per heavy atom. The van der Waals surface area contributed by atoms with Crippen molar-refractivity contribution in [1.29, 1.82) is 0 Å². The molecule has 0 radical (unpaired) electrons. The zero-order chi connectivity index (χ0) is 15.7. The maximum absolute atomic E-state index is 10.7. The first-order valence-corrected chi connectivity index (χ1v) is 7.68. The highest BCUT2D eigenvalue weighted by molar-refractivity contribution is 5.84. The largest absolute Gasteiger partial charge is 0.476 e. The Morgan fingerprint density at radius 2 is 1.76 bits per heavy atom. The van der Waals surface area contributed by atoms with Gasteiger partial charge in [-0.15, -0.1) is 5.10 Å². The van der Waals surface area contributed by atoms with Crippen molar-refractivity contribution in [3.63, 3.8) is 0 Å². The van der Waals surface area contributed by atoms with Gasteiger partial charge < -0.3 is 14.9 Å². The summed E-state index contributed by atoms with van der Waals surface area (Å²) in [5, 5.41) is 16.3. The molecule has 21 heavy (non-hydrogen) atoms. The molecule has 1 aromatic heterocycles. The molecule has 0 saturated heterocycles. The molecular weight excluding hydrogens is 270 g/mol. The number of nitrogens with zero attached hydrogens (tertiary/aromatic N) is 5. The third kappa shape index (κ3) is 6.22. The minimum atomic E-state index is -1.03. The number of likely N-dealkylation sites (N-methyl/N-ethyl adjacent to an activating group) is 1. The standard InChI is InChI=1S/C14H27N5O2/c1-4-17(5-2)8-7-9-18(6-3)10-11-19-12-13(14(20)21)15-16-19/h12H,4-11H2,1-3H3,(H,20,21). The second kappa shape index (κ2) is 9.46. The number of carboxylic acids is 1. The lowest BCUT2D eigenvalue weighted by Crippen LogP contribution is -2.32. The van der Waals surface area contributed by atoms with Crippen molar-refractivity contribution in [2.75, 3.05) is 39.3 Å². The molecule has 0 fully saturated rings. The number of hydrogen-bond donors (Lipinski definition) is 1. The van der Waals surface area contributed by atoms with Gasteiger partial charge >= 0.3 is 5.97 Å². The Labute approximate surface area is 126 Å². The first-order chi connectivity index (χ1) is 10.1. The molecule has 1 N–H and O–H groups in total. The van der Waals surface area contributed by atoms with E-state index in [-0.39, 0.29) is 5.69 Å². The maximum Gasteiger partial charge on any atom is 0.358 e. The van der Waals surface area contributed by atoms with Gasteiger partial charge in [-0.05, 0) is 39.1 Å². The number of rotatable bonds is 11. The fourth-order valence-electron chi connectivity index (χ4n) is 2.24. The van der Waals surface area contributed by atoms with Crippen LogP contribution in [0.4, 0.5) is 0 Å². The fourth-order valence-corrected chi connectivity index (χ4v) is 2.24.